The van der Waals surface area contributed by atoms with Gasteiger partial charge in [-0.25, -0.2) is 0 Å². The lowest BCUT2D eigenvalue weighted by atomic mass is 10.0. The van der Waals surface area contributed by atoms with Crippen molar-refractivity contribution in [3.8, 4) is 5.75 Å². The molecule has 2 amide bonds. The minimum absolute atomic E-state index is 0.0903. The number of methoxy groups -OCH3 is 1. The zero-order chi connectivity index (χ0) is 19.1. The molecule has 0 bridgehead atoms. The molecule has 1 fully saturated rings. The van der Waals surface area contributed by atoms with E-state index in [-0.39, 0.29) is 23.8 Å². The van der Waals surface area contributed by atoms with Crippen molar-refractivity contribution < 1.29 is 14.3 Å². The Morgan fingerprint density at radius 2 is 1.69 bits per heavy atom. The van der Waals surface area contributed by atoms with Gasteiger partial charge >= 0.3 is 0 Å². The number of amides is 2. The average molecular weight is 361 g/mol. The summed E-state index contributed by atoms with van der Waals surface area (Å²) in [7, 11) is 1.64. The minimum Gasteiger partial charge on any atom is -0.497 e. The molecule has 6 nitrogen and oxygen atoms in total. The Balaban J connectivity index is 1.83. The highest BCUT2D eigenvalue weighted by Crippen LogP contribution is 2.14. The van der Waals surface area contributed by atoms with Crippen LogP contribution in [0.2, 0.25) is 0 Å². The summed E-state index contributed by atoms with van der Waals surface area (Å²) in [4.78, 5) is 28.7. The standard InChI is InChI=1S/C20H31N3O3/c1-15(16(2)21)20(25)23-12-4-11-22(13-14-23)19(24)10-7-17-5-8-18(26-3)9-6-17/h5-6,8-9,15-16H,4,7,10-14,21H2,1-3H3. The first-order valence-corrected chi connectivity index (χ1v) is 9.37. The topological polar surface area (TPSA) is 75.9 Å². The Bertz CT molecular complexity index is 601. The third-order valence-electron chi connectivity index (χ3n) is 5.13. The number of ether oxygens (including phenoxy) is 1. The second-order valence-corrected chi connectivity index (χ2v) is 7.06. The van der Waals surface area contributed by atoms with Gasteiger partial charge in [0.05, 0.1) is 13.0 Å². The fourth-order valence-electron chi connectivity index (χ4n) is 3.10. The van der Waals surface area contributed by atoms with Crippen LogP contribution in [0.3, 0.4) is 0 Å². The van der Waals surface area contributed by atoms with Crippen molar-refractivity contribution in [2.75, 3.05) is 33.3 Å². The molecule has 1 heterocycles. The van der Waals surface area contributed by atoms with E-state index < -0.39 is 0 Å². The number of nitrogens with zero attached hydrogens (tertiary/aromatic N) is 2. The van der Waals surface area contributed by atoms with Gasteiger partial charge in [-0.3, -0.25) is 9.59 Å². The maximum absolute atomic E-state index is 12.5. The zero-order valence-corrected chi connectivity index (χ0v) is 16.1. The fourth-order valence-corrected chi connectivity index (χ4v) is 3.10. The molecule has 0 aliphatic carbocycles. The second-order valence-electron chi connectivity index (χ2n) is 7.06. The van der Waals surface area contributed by atoms with Crippen molar-refractivity contribution >= 4 is 11.8 Å². The lowest BCUT2D eigenvalue weighted by Gasteiger charge is -2.26. The van der Waals surface area contributed by atoms with Crippen LogP contribution >= 0.6 is 0 Å². The number of aryl methyl sites for hydroxylation is 1. The maximum atomic E-state index is 12.5. The molecule has 144 valence electrons. The second kappa shape index (κ2) is 9.57. The van der Waals surface area contributed by atoms with Crippen molar-refractivity contribution in [3.05, 3.63) is 29.8 Å². The van der Waals surface area contributed by atoms with Crippen LogP contribution in [-0.2, 0) is 16.0 Å². The Labute approximate surface area is 156 Å². The van der Waals surface area contributed by atoms with E-state index in [0.29, 0.717) is 39.0 Å². The lowest BCUT2D eigenvalue weighted by Crippen LogP contribution is -2.43. The first-order chi connectivity index (χ1) is 12.4. The normalized spacial score (nSPS) is 17.4. The summed E-state index contributed by atoms with van der Waals surface area (Å²) in [5, 5.41) is 0. The zero-order valence-electron chi connectivity index (χ0n) is 16.1. The molecule has 6 heteroatoms. The van der Waals surface area contributed by atoms with E-state index in [9.17, 15) is 9.59 Å². The van der Waals surface area contributed by atoms with Gasteiger partial charge in [-0.05, 0) is 37.5 Å². The van der Waals surface area contributed by atoms with Gasteiger partial charge < -0.3 is 20.3 Å². The molecular weight excluding hydrogens is 330 g/mol. The largest absolute Gasteiger partial charge is 0.497 e. The molecule has 26 heavy (non-hydrogen) atoms. The molecule has 0 radical (unpaired) electrons. The molecule has 1 aromatic carbocycles. The van der Waals surface area contributed by atoms with Crippen LogP contribution in [0.5, 0.6) is 5.75 Å². The lowest BCUT2D eigenvalue weighted by molar-refractivity contribution is -0.136. The Morgan fingerprint density at radius 3 is 2.31 bits per heavy atom. The van der Waals surface area contributed by atoms with E-state index in [4.69, 9.17) is 10.5 Å². The van der Waals surface area contributed by atoms with Crippen LogP contribution in [0.4, 0.5) is 0 Å². The first-order valence-electron chi connectivity index (χ1n) is 9.37. The van der Waals surface area contributed by atoms with Crippen LogP contribution < -0.4 is 10.5 Å². The van der Waals surface area contributed by atoms with Gasteiger partial charge in [0.15, 0.2) is 0 Å². The number of benzene rings is 1. The monoisotopic (exact) mass is 361 g/mol. The van der Waals surface area contributed by atoms with Gasteiger partial charge in [0.25, 0.3) is 0 Å². The molecule has 2 atom stereocenters. The van der Waals surface area contributed by atoms with E-state index in [1.807, 2.05) is 47.9 Å². The summed E-state index contributed by atoms with van der Waals surface area (Å²) in [6, 6.07) is 7.64. The smallest absolute Gasteiger partial charge is 0.227 e. The summed E-state index contributed by atoms with van der Waals surface area (Å²) >= 11 is 0. The van der Waals surface area contributed by atoms with Gasteiger partial charge in [0.2, 0.25) is 11.8 Å². The average Bonchev–Trinajstić information content (AvgIpc) is 2.91. The van der Waals surface area contributed by atoms with Crippen molar-refractivity contribution in [1.82, 2.24) is 9.80 Å². The predicted molar refractivity (Wildman–Crippen MR) is 102 cm³/mol. The maximum Gasteiger partial charge on any atom is 0.227 e. The molecule has 1 aliphatic heterocycles. The van der Waals surface area contributed by atoms with Crippen molar-refractivity contribution in [3.63, 3.8) is 0 Å². The van der Waals surface area contributed by atoms with Crippen molar-refractivity contribution in [2.24, 2.45) is 11.7 Å². The van der Waals surface area contributed by atoms with Crippen LogP contribution in [0, 0.1) is 5.92 Å². The predicted octanol–water partition coefficient (Wildman–Crippen LogP) is 1.67. The van der Waals surface area contributed by atoms with E-state index in [1.54, 1.807) is 7.11 Å². The third kappa shape index (κ3) is 5.46. The molecule has 1 aromatic rings. The van der Waals surface area contributed by atoms with Gasteiger partial charge in [-0.1, -0.05) is 19.1 Å². The third-order valence-corrected chi connectivity index (χ3v) is 5.13. The van der Waals surface area contributed by atoms with E-state index >= 15 is 0 Å². The number of hydrogen-bond donors (Lipinski definition) is 1. The fraction of sp³-hybridized carbons (Fsp3) is 0.600. The molecule has 1 aliphatic rings. The summed E-state index contributed by atoms with van der Waals surface area (Å²) in [5.41, 5.74) is 6.97. The molecule has 0 spiro atoms. The molecule has 1 saturated heterocycles. The van der Waals surface area contributed by atoms with Crippen molar-refractivity contribution in [2.45, 2.75) is 39.2 Å². The Kier molecular flexibility index (Phi) is 7.45. The number of hydrogen-bond acceptors (Lipinski definition) is 4. The van der Waals surface area contributed by atoms with Crippen LogP contribution in [0.15, 0.2) is 24.3 Å². The van der Waals surface area contributed by atoms with Gasteiger partial charge in [-0.15, -0.1) is 0 Å². The van der Waals surface area contributed by atoms with E-state index in [1.165, 1.54) is 0 Å². The molecule has 0 saturated carbocycles. The molecule has 2 unspecified atom stereocenters. The van der Waals surface area contributed by atoms with Crippen LogP contribution in [0.25, 0.3) is 0 Å². The van der Waals surface area contributed by atoms with Crippen LogP contribution in [0.1, 0.15) is 32.3 Å². The van der Waals surface area contributed by atoms with Gasteiger partial charge in [-0.2, -0.15) is 0 Å². The highest BCUT2D eigenvalue weighted by atomic mass is 16.5. The highest BCUT2D eigenvalue weighted by Gasteiger charge is 2.26. The number of carbonyl (C=O) groups excluding carboxylic acids is 2. The quantitative estimate of drug-likeness (QED) is 0.836. The summed E-state index contributed by atoms with van der Waals surface area (Å²) < 4.78 is 5.15. The highest BCUT2D eigenvalue weighted by molar-refractivity contribution is 5.80. The SMILES string of the molecule is COc1ccc(CCC(=O)N2CCCN(C(=O)C(C)C(C)N)CC2)cc1. The number of rotatable bonds is 6. The molecule has 0 aromatic heterocycles. The summed E-state index contributed by atoms with van der Waals surface area (Å²) in [6.07, 6.45) is 2.01. The Hall–Kier alpha value is -2.08. The minimum atomic E-state index is -0.188. The van der Waals surface area contributed by atoms with Crippen LogP contribution in [-0.4, -0.2) is 60.9 Å². The Morgan fingerprint density at radius 1 is 1.08 bits per heavy atom. The van der Waals surface area contributed by atoms with Gasteiger partial charge in [0, 0.05) is 38.6 Å². The first kappa shape index (κ1) is 20.2. The molecular formula is C20H31N3O3. The van der Waals surface area contributed by atoms with Gasteiger partial charge in [0.1, 0.15) is 5.75 Å². The molecule has 2 rings (SSSR count). The number of nitrogens with two attached hydrogens (primary N) is 1. The van der Waals surface area contributed by atoms with Crippen molar-refractivity contribution in [1.29, 1.82) is 0 Å². The van der Waals surface area contributed by atoms with E-state index in [0.717, 1.165) is 17.7 Å². The van der Waals surface area contributed by atoms with E-state index in [2.05, 4.69) is 0 Å². The summed E-state index contributed by atoms with van der Waals surface area (Å²) in [5.74, 6) is 0.869. The molecule has 2 N–H and O–H groups in total. The summed E-state index contributed by atoms with van der Waals surface area (Å²) in [6.45, 7) is 6.31. The number of carbonyl (C=O) groups is 2.